The molecule has 0 radical (unpaired) electrons. The summed E-state index contributed by atoms with van der Waals surface area (Å²) in [4.78, 5) is 5.78. The Morgan fingerprint density at radius 1 is 0.680 bits per heavy atom. The van der Waals surface area contributed by atoms with Crippen molar-refractivity contribution in [1.82, 2.24) is 0 Å². The summed E-state index contributed by atoms with van der Waals surface area (Å²) in [5, 5.41) is 2.72. The SMILES string of the molecule is C1=CC2=CC(S1)c1ccccc1S2(c1ccccc1)c1ccccc1. The molecular weight excluding hydrogens is 340 g/mol. The lowest BCUT2D eigenvalue weighted by Gasteiger charge is -2.48. The first-order chi connectivity index (χ1) is 12.4. The topological polar surface area (TPSA) is 0 Å². The molecule has 25 heavy (non-hydrogen) atoms. The van der Waals surface area contributed by atoms with Crippen LogP contribution >= 0.6 is 21.8 Å². The number of hydrogen-bond acceptors (Lipinski definition) is 1. The lowest BCUT2D eigenvalue weighted by atomic mass is 10.1. The fourth-order valence-electron chi connectivity index (χ4n) is 3.84. The van der Waals surface area contributed by atoms with E-state index in [1.54, 1.807) is 0 Å². The fraction of sp³-hybridized carbons (Fsp3) is 0.0435. The number of rotatable bonds is 2. The van der Waals surface area contributed by atoms with Crippen molar-refractivity contribution in [1.29, 1.82) is 0 Å². The lowest BCUT2D eigenvalue weighted by Crippen LogP contribution is -2.15. The van der Waals surface area contributed by atoms with E-state index in [9.17, 15) is 0 Å². The molecule has 122 valence electrons. The highest BCUT2D eigenvalue weighted by molar-refractivity contribution is 8.37. The number of fused-ring (bicyclic) bond motifs is 3. The molecule has 0 aliphatic carbocycles. The van der Waals surface area contributed by atoms with Gasteiger partial charge in [-0.15, -0.1) is 21.8 Å². The zero-order chi connectivity index (χ0) is 16.7. The van der Waals surface area contributed by atoms with Crippen molar-refractivity contribution in [3.8, 4) is 0 Å². The Labute approximate surface area is 154 Å². The number of allylic oxidation sites excluding steroid dienone is 1. The van der Waals surface area contributed by atoms with Crippen LogP contribution in [0, 0.1) is 0 Å². The monoisotopic (exact) mass is 358 g/mol. The summed E-state index contributed by atoms with van der Waals surface area (Å²) in [5.41, 5.74) is 1.46. The first-order valence-electron chi connectivity index (χ1n) is 8.47. The van der Waals surface area contributed by atoms with Crippen LogP contribution in [0.2, 0.25) is 0 Å². The molecule has 0 N–H and O–H groups in total. The van der Waals surface area contributed by atoms with Crippen LogP contribution in [0.1, 0.15) is 10.8 Å². The molecule has 2 aliphatic rings. The highest BCUT2D eigenvalue weighted by Crippen LogP contribution is 2.77. The van der Waals surface area contributed by atoms with E-state index in [2.05, 4.69) is 102 Å². The molecule has 1 unspecified atom stereocenters. The van der Waals surface area contributed by atoms with Crippen LogP contribution < -0.4 is 0 Å². The van der Waals surface area contributed by atoms with E-state index in [1.807, 2.05) is 11.8 Å². The van der Waals surface area contributed by atoms with Crippen LogP contribution in [0.15, 0.2) is 122 Å². The van der Waals surface area contributed by atoms with Crippen LogP contribution in [0.5, 0.6) is 0 Å². The average Bonchev–Trinajstić information content (AvgIpc) is 2.71. The number of hydrogen-bond donors (Lipinski definition) is 0. The van der Waals surface area contributed by atoms with Crippen molar-refractivity contribution in [2.45, 2.75) is 19.9 Å². The predicted octanol–water partition coefficient (Wildman–Crippen LogP) is 7.17. The van der Waals surface area contributed by atoms with Gasteiger partial charge in [0.2, 0.25) is 0 Å². The summed E-state index contributed by atoms with van der Waals surface area (Å²) >= 11 is 1.91. The highest BCUT2D eigenvalue weighted by atomic mass is 32.3. The van der Waals surface area contributed by atoms with Gasteiger partial charge < -0.3 is 0 Å². The Balaban J connectivity index is 1.93. The van der Waals surface area contributed by atoms with E-state index < -0.39 is 10.0 Å². The first-order valence-corrected chi connectivity index (χ1v) is 11.0. The van der Waals surface area contributed by atoms with Gasteiger partial charge in [0.15, 0.2) is 0 Å². The molecule has 3 aromatic rings. The largest absolute Gasteiger partial charge is 0.133 e. The summed E-state index contributed by atoms with van der Waals surface area (Å²) in [5.74, 6) is 0. The Hall–Kier alpha value is -2.16. The normalized spacial score (nSPS) is 21.1. The Morgan fingerprint density at radius 2 is 1.28 bits per heavy atom. The summed E-state index contributed by atoms with van der Waals surface area (Å²) < 4.78 is 0. The third kappa shape index (κ3) is 2.18. The predicted molar refractivity (Wildman–Crippen MR) is 109 cm³/mol. The highest BCUT2D eigenvalue weighted by Gasteiger charge is 2.40. The molecule has 0 nitrogen and oxygen atoms in total. The molecule has 0 aromatic heterocycles. The molecule has 5 rings (SSSR count). The van der Waals surface area contributed by atoms with Crippen molar-refractivity contribution >= 4 is 21.8 Å². The van der Waals surface area contributed by atoms with Gasteiger partial charge in [-0.05, 0) is 47.4 Å². The van der Waals surface area contributed by atoms with Crippen LogP contribution in [0.25, 0.3) is 0 Å². The van der Waals surface area contributed by atoms with Crippen molar-refractivity contribution in [2.75, 3.05) is 0 Å². The molecule has 2 heterocycles. The minimum absolute atomic E-state index is 0.434. The van der Waals surface area contributed by atoms with Gasteiger partial charge in [-0.2, -0.15) is 0 Å². The first kappa shape index (κ1) is 15.1. The molecule has 0 amide bonds. The van der Waals surface area contributed by atoms with E-state index in [0.717, 1.165) is 0 Å². The molecule has 0 saturated carbocycles. The second-order valence-corrected chi connectivity index (χ2v) is 10.3. The number of thioether (sulfide) groups is 1. The van der Waals surface area contributed by atoms with Gasteiger partial charge in [0.05, 0.1) is 5.25 Å². The minimum atomic E-state index is -1.43. The van der Waals surface area contributed by atoms with Crippen molar-refractivity contribution < 1.29 is 0 Å². The van der Waals surface area contributed by atoms with Gasteiger partial charge in [-0.25, -0.2) is 0 Å². The smallest absolute Gasteiger partial charge is 0.0542 e. The third-order valence-electron chi connectivity index (χ3n) is 4.88. The third-order valence-corrected chi connectivity index (χ3v) is 9.82. The van der Waals surface area contributed by atoms with Gasteiger partial charge in [0.1, 0.15) is 0 Å². The van der Waals surface area contributed by atoms with Crippen molar-refractivity contribution in [2.24, 2.45) is 0 Å². The van der Waals surface area contributed by atoms with E-state index >= 15 is 0 Å². The molecule has 0 fully saturated rings. The second-order valence-electron chi connectivity index (χ2n) is 6.20. The van der Waals surface area contributed by atoms with E-state index in [-0.39, 0.29) is 0 Å². The van der Waals surface area contributed by atoms with E-state index in [0.29, 0.717) is 5.25 Å². The van der Waals surface area contributed by atoms with E-state index in [1.165, 1.54) is 25.2 Å². The average molecular weight is 359 g/mol. The van der Waals surface area contributed by atoms with Crippen LogP contribution in [-0.2, 0) is 0 Å². The molecule has 1 atom stereocenters. The molecule has 0 saturated heterocycles. The second kappa shape index (κ2) is 5.98. The zero-order valence-electron chi connectivity index (χ0n) is 13.7. The van der Waals surface area contributed by atoms with Gasteiger partial charge in [-0.1, -0.05) is 60.7 Å². The van der Waals surface area contributed by atoms with E-state index in [4.69, 9.17) is 0 Å². The number of benzene rings is 3. The Bertz CT molecular complexity index is 932. The van der Waals surface area contributed by atoms with Crippen molar-refractivity contribution in [3.05, 3.63) is 113 Å². The minimum Gasteiger partial charge on any atom is -0.133 e. The fourth-order valence-corrected chi connectivity index (χ4v) is 9.21. The van der Waals surface area contributed by atoms with Gasteiger partial charge >= 0.3 is 0 Å². The van der Waals surface area contributed by atoms with Crippen LogP contribution in [0.4, 0.5) is 0 Å². The zero-order valence-corrected chi connectivity index (χ0v) is 15.3. The maximum atomic E-state index is 2.49. The standard InChI is InChI=1S/C23H18S2/c1-3-9-18(10-4-1)25(19-11-5-2-6-12-19)20-15-16-24-22(17-20)21-13-7-8-14-23(21)25/h1-17,22H. The Morgan fingerprint density at radius 3 is 1.96 bits per heavy atom. The molecule has 3 aromatic carbocycles. The summed E-state index contributed by atoms with van der Waals surface area (Å²) in [6.45, 7) is 0. The summed E-state index contributed by atoms with van der Waals surface area (Å²) in [6.07, 6.45) is 4.83. The summed E-state index contributed by atoms with van der Waals surface area (Å²) in [6, 6.07) is 31.1. The van der Waals surface area contributed by atoms with Crippen LogP contribution in [0.3, 0.4) is 0 Å². The van der Waals surface area contributed by atoms with Crippen molar-refractivity contribution in [3.63, 3.8) is 0 Å². The molecule has 2 bridgehead atoms. The molecular formula is C23H18S2. The quantitative estimate of drug-likeness (QED) is 0.468. The maximum absolute atomic E-state index is 2.49. The maximum Gasteiger partial charge on any atom is 0.0542 e. The summed E-state index contributed by atoms with van der Waals surface area (Å²) in [7, 11) is -1.43. The molecule has 2 aliphatic heterocycles. The van der Waals surface area contributed by atoms with Gasteiger partial charge in [-0.3, -0.25) is 0 Å². The van der Waals surface area contributed by atoms with Gasteiger partial charge in [0, 0.05) is 19.6 Å². The van der Waals surface area contributed by atoms with Gasteiger partial charge in [0.25, 0.3) is 0 Å². The lowest BCUT2D eigenvalue weighted by molar-refractivity contribution is 1.10. The van der Waals surface area contributed by atoms with Crippen LogP contribution in [-0.4, -0.2) is 0 Å². The molecule has 2 heteroatoms. The Kier molecular flexibility index (Phi) is 3.61. The molecule has 0 spiro atoms.